The highest BCUT2D eigenvalue weighted by atomic mass is 32.1. The first-order valence-electron chi connectivity index (χ1n) is 8.17. The van der Waals surface area contributed by atoms with Crippen molar-refractivity contribution in [2.45, 2.75) is 19.3 Å². The molecule has 1 aliphatic heterocycles. The number of piperidine rings is 1. The van der Waals surface area contributed by atoms with E-state index in [1.807, 2.05) is 24.3 Å². The predicted molar refractivity (Wildman–Crippen MR) is 101 cm³/mol. The van der Waals surface area contributed by atoms with Gasteiger partial charge in [0.25, 0.3) is 0 Å². The van der Waals surface area contributed by atoms with Crippen molar-refractivity contribution in [3.05, 3.63) is 41.3 Å². The molecule has 0 amide bonds. The molecule has 0 atom stereocenters. The van der Waals surface area contributed by atoms with Gasteiger partial charge in [0.2, 0.25) is 5.95 Å². The second-order valence-electron chi connectivity index (χ2n) is 5.91. The minimum Gasteiger partial charge on any atom is -0.341 e. The second kappa shape index (κ2) is 6.50. The van der Waals surface area contributed by atoms with Crippen LogP contribution in [0.2, 0.25) is 0 Å². The van der Waals surface area contributed by atoms with Gasteiger partial charge in [-0.15, -0.1) is 17.8 Å². The largest absolute Gasteiger partial charge is 0.341 e. The molecule has 1 saturated heterocycles. The molecule has 2 aromatic heterocycles. The Bertz CT molecular complexity index is 903. The van der Waals surface area contributed by atoms with Gasteiger partial charge < -0.3 is 10.2 Å². The van der Waals surface area contributed by atoms with Gasteiger partial charge in [-0.2, -0.15) is 4.98 Å². The zero-order valence-corrected chi connectivity index (χ0v) is 14.1. The molecular formula is C19H18N4S. The molecule has 0 spiro atoms. The van der Waals surface area contributed by atoms with Gasteiger partial charge in [-0.25, -0.2) is 4.98 Å². The third-order valence-electron chi connectivity index (χ3n) is 4.22. The van der Waals surface area contributed by atoms with Crippen LogP contribution in [0.3, 0.4) is 0 Å². The van der Waals surface area contributed by atoms with E-state index in [4.69, 9.17) is 16.4 Å². The number of anilines is 3. The van der Waals surface area contributed by atoms with Crippen molar-refractivity contribution >= 4 is 39.0 Å². The number of terminal acetylenes is 1. The van der Waals surface area contributed by atoms with Gasteiger partial charge in [-0.05, 0) is 48.9 Å². The molecule has 1 aliphatic rings. The highest BCUT2D eigenvalue weighted by molar-refractivity contribution is 7.17. The summed E-state index contributed by atoms with van der Waals surface area (Å²) in [4.78, 5) is 11.8. The fourth-order valence-corrected chi connectivity index (χ4v) is 3.77. The lowest BCUT2D eigenvalue weighted by Crippen LogP contribution is -2.31. The number of aromatic nitrogens is 2. The Morgan fingerprint density at radius 2 is 2.00 bits per heavy atom. The molecule has 5 heteroatoms. The molecule has 0 bridgehead atoms. The Morgan fingerprint density at radius 1 is 1.12 bits per heavy atom. The summed E-state index contributed by atoms with van der Waals surface area (Å²) in [5, 5.41) is 5.48. The van der Waals surface area contributed by atoms with E-state index in [-0.39, 0.29) is 0 Å². The van der Waals surface area contributed by atoms with E-state index in [2.05, 4.69) is 27.6 Å². The van der Waals surface area contributed by atoms with Crippen molar-refractivity contribution in [3.63, 3.8) is 0 Å². The molecule has 3 heterocycles. The summed E-state index contributed by atoms with van der Waals surface area (Å²) in [6, 6.07) is 9.89. The third kappa shape index (κ3) is 2.93. The quantitative estimate of drug-likeness (QED) is 0.721. The summed E-state index contributed by atoms with van der Waals surface area (Å²) in [5.74, 6) is 4.34. The van der Waals surface area contributed by atoms with E-state index in [1.165, 1.54) is 19.3 Å². The summed E-state index contributed by atoms with van der Waals surface area (Å²) in [5.41, 5.74) is 2.79. The smallest absolute Gasteiger partial charge is 0.227 e. The summed E-state index contributed by atoms with van der Waals surface area (Å²) in [7, 11) is 0. The first-order valence-corrected chi connectivity index (χ1v) is 9.05. The van der Waals surface area contributed by atoms with E-state index in [1.54, 1.807) is 11.3 Å². The predicted octanol–water partition coefficient (Wildman–Crippen LogP) is 4.41. The Kier molecular flexibility index (Phi) is 4.06. The topological polar surface area (TPSA) is 41.1 Å². The summed E-state index contributed by atoms with van der Waals surface area (Å²) in [6.45, 7) is 2.06. The van der Waals surface area contributed by atoms with Crippen LogP contribution < -0.4 is 10.2 Å². The SMILES string of the molecule is C#Cc1cccc(Nc2nc(N3CCCCC3)nc3ccsc23)c1. The molecule has 1 N–H and O–H groups in total. The molecule has 0 saturated carbocycles. The number of hydrogen-bond donors (Lipinski definition) is 1. The Morgan fingerprint density at radius 3 is 2.83 bits per heavy atom. The van der Waals surface area contributed by atoms with Gasteiger partial charge in [0.05, 0.1) is 10.2 Å². The Hall–Kier alpha value is -2.58. The lowest BCUT2D eigenvalue weighted by atomic mass is 10.1. The van der Waals surface area contributed by atoms with Crippen molar-refractivity contribution in [1.29, 1.82) is 0 Å². The third-order valence-corrected chi connectivity index (χ3v) is 5.13. The minimum absolute atomic E-state index is 0.816. The van der Waals surface area contributed by atoms with E-state index >= 15 is 0 Å². The number of thiophene rings is 1. The second-order valence-corrected chi connectivity index (χ2v) is 6.82. The van der Waals surface area contributed by atoms with Crippen LogP contribution in [0.25, 0.3) is 10.2 Å². The Balaban J connectivity index is 1.73. The van der Waals surface area contributed by atoms with E-state index in [0.29, 0.717) is 0 Å². The van der Waals surface area contributed by atoms with Gasteiger partial charge >= 0.3 is 0 Å². The van der Waals surface area contributed by atoms with Crippen LogP contribution in [0.5, 0.6) is 0 Å². The van der Waals surface area contributed by atoms with Crippen LogP contribution in [0.15, 0.2) is 35.7 Å². The Labute approximate surface area is 145 Å². The van der Waals surface area contributed by atoms with Crippen molar-refractivity contribution in [1.82, 2.24) is 9.97 Å². The van der Waals surface area contributed by atoms with Crippen molar-refractivity contribution in [2.24, 2.45) is 0 Å². The molecule has 1 aromatic carbocycles. The highest BCUT2D eigenvalue weighted by Gasteiger charge is 2.17. The molecular weight excluding hydrogens is 316 g/mol. The van der Waals surface area contributed by atoms with Crippen LogP contribution in [0, 0.1) is 12.3 Å². The number of rotatable bonds is 3. The maximum absolute atomic E-state index is 5.50. The van der Waals surface area contributed by atoms with Crippen LogP contribution >= 0.6 is 11.3 Å². The standard InChI is InChI=1S/C19H18N4S/c1-2-14-7-6-8-15(13-14)20-18-17-16(9-12-24-17)21-19(22-18)23-10-4-3-5-11-23/h1,6-9,12-13H,3-5,10-11H2,(H,20,21,22). The lowest BCUT2D eigenvalue weighted by Gasteiger charge is -2.27. The number of hydrogen-bond acceptors (Lipinski definition) is 5. The van der Waals surface area contributed by atoms with E-state index in [0.717, 1.165) is 46.3 Å². The average molecular weight is 334 g/mol. The summed E-state index contributed by atoms with van der Waals surface area (Å²) < 4.78 is 1.07. The molecule has 1 fully saturated rings. The molecule has 24 heavy (non-hydrogen) atoms. The fraction of sp³-hybridized carbons (Fsp3) is 0.263. The maximum atomic E-state index is 5.50. The van der Waals surface area contributed by atoms with Crippen LogP contribution in [-0.4, -0.2) is 23.1 Å². The van der Waals surface area contributed by atoms with Crippen molar-refractivity contribution < 1.29 is 0 Å². The molecule has 0 radical (unpaired) electrons. The molecule has 120 valence electrons. The number of nitrogens with one attached hydrogen (secondary N) is 1. The van der Waals surface area contributed by atoms with Gasteiger partial charge in [0.1, 0.15) is 0 Å². The number of fused-ring (bicyclic) bond motifs is 1. The molecule has 4 nitrogen and oxygen atoms in total. The van der Waals surface area contributed by atoms with Gasteiger partial charge in [0, 0.05) is 24.3 Å². The average Bonchev–Trinajstić information content (AvgIpc) is 3.11. The lowest BCUT2D eigenvalue weighted by molar-refractivity contribution is 0.569. The first kappa shape index (κ1) is 15.0. The zero-order chi connectivity index (χ0) is 16.4. The monoisotopic (exact) mass is 334 g/mol. The minimum atomic E-state index is 0.816. The number of benzene rings is 1. The van der Waals surface area contributed by atoms with Crippen LogP contribution in [-0.2, 0) is 0 Å². The fourth-order valence-electron chi connectivity index (χ4n) is 2.99. The van der Waals surface area contributed by atoms with Gasteiger partial charge in [-0.1, -0.05) is 12.0 Å². The summed E-state index contributed by atoms with van der Waals surface area (Å²) in [6.07, 6.45) is 9.21. The molecule has 4 rings (SSSR count). The van der Waals surface area contributed by atoms with Crippen LogP contribution in [0.4, 0.5) is 17.5 Å². The first-order chi connectivity index (χ1) is 11.8. The van der Waals surface area contributed by atoms with Crippen molar-refractivity contribution in [3.8, 4) is 12.3 Å². The normalized spacial score (nSPS) is 14.5. The highest BCUT2D eigenvalue weighted by Crippen LogP contribution is 2.31. The molecule has 3 aromatic rings. The summed E-state index contributed by atoms with van der Waals surface area (Å²) >= 11 is 1.65. The molecule has 0 unspecified atom stereocenters. The van der Waals surface area contributed by atoms with E-state index < -0.39 is 0 Å². The van der Waals surface area contributed by atoms with Crippen LogP contribution in [0.1, 0.15) is 24.8 Å². The zero-order valence-electron chi connectivity index (χ0n) is 13.3. The molecule has 0 aliphatic carbocycles. The number of nitrogens with zero attached hydrogens (tertiary/aromatic N) is 3. The van der Waals surface area contributed by atoms with E-state index in [9.17, 15) is 0 Å². The van der Waals surface area contributed by atoms with Crippen molar-refractivity contribution in [2.75, 3.05) is 23.3 Å². The van der Waals surface area contributed by atoms with Gasteiger partial charge in [0.15, 0.2) is 5.82 Å². The van der Waals surface area contributed by atoms with Gasteiger partial charge in [-0.3, -0.25) is 0 Å². The maximum Gasteiger partial charge on any atom is 0.227 e.